The second-order valence-corrected chi connectivity index (χ2v) is 6.25. The normalized spacial score (nSPS) is 12.0. The van der Waals surface area contributed by atoms with Gasteiger partial charge in [0, 0.05) is 5.69 Å². The van der Waals surface area contributed by atoms with Crippen molar-refractivity contribution in [3.63, 3.8) is 0 Å². The molecule has 1 unspecified atom stereocenters. The molecule has 3 nitrogen and oxygen atoms in total. The molecule has 0 aliphatic heterocycles. The van der Waals surface area contributed by atoms with E-state index in [1.54, 1.807) is 0 Å². The van der Waals surface area contributed by atoms with E-state index in [0.29, 0.717) is 11.0 Å². The summed E-state index contributed by atoms with van der Waals surface area (Å²) in [5.74, 6) is 1.19. The number of rotatable bonds is 4. The minimum atomic E-state index is 0.172. The Kier molecular flexibility index (Phi) is 5.50. The molecule has 0 spiro atoms. The highest BCUT2D eigenvalue weighted by Crippen LogP contribution is 2.24. The maximum absolute atomic E-state index is 5.46. The molecule has 0 fully saturated rings. The minimum absolute atomic E-state index is 0.172. The molecule has 2 rings (SSSR count). The molecule has 0 saturated heterocycles. The van der Waals surface area contributed by atoms with Crippen LogP contribution in [0.2, 0.25) is 0 Å². The van der Waals surface area contributed by atoms with Crippen LogP contribution in [0.15, 0.2) is 42.5 Å². The largest absolute Gasteiger partial charge is 0.355 e. The van der Waals surface area contributed by atoms with Gasteiger partial charge in [0.15, 0.2) is 5.11 Å². The third kappa shape index (κ3) is 4.28. The molecule has 0 radical (unpaired) electrons. The van der Waals surface area contributed by atoms with Crippen molar-refractivity contribution in [3.8, 4) is 0 Å². The molecule has 1 aromatic heterocycles. The van der Waals surface area contributed by atoms with E-state index in [1.165, 1.54) is 11.1 Å². The maximum Gasteiger partial charge on any atom is 0.172 e. The van der Waals surface area contributed by atoms with Gasteiger partial charge in [-0.05, 0) is 55.2 Å². The van der Waals surface area contributed by atoms with Gasteiger partial charge in [-0.15, -0.1) is 0 Å². The molecule has 22 heavy (non-hydrogen) atoms. The average molecular weight is 313 g/mol. The lowest BCUT2D eigenvalue weighted by Gasteiger charge is -2.26. The first kappa shape index (κ1) is 16.4. The zero-order valence-electron chi connectivity index (χ0n) is 13.6. The minimum Gasteiger partial charge on any atom is -0.355 e. The fourth-order valence-corrected chi connectivity index (χ4v) is 2.68. The molecular formula is C18H23N3S. The first-order valence-corrected chi connectivity index (χ1v) is 7.95. The molecule has 4 heteroatoms. The quantitative estimate of drug-likeness (QED) is 0.821. The van der Waals surface area contributed by atoms with Crippen molar-refractivity contribution in [2.45, 2.75) is 33.7 Å². The Balaban J connectivity index is 2.11. The summed E-state index contributed by atoms with van der Waals surface area (Å²) in [5, 5.41) is 7.19. The highest BCUT2D eigenvalue weighted by atomic mass is 32.1. The van der Waals surface area contributed by atoms with Gasteiger partial charge in [0.2, 0.25) is 0 Å². The van der Waals surface area contributed by atoms with Crippen molar-refractivity contribution in [2.24, 2.45) is 5.92 Å². The van der Waals surface area contributed by atoms with Crippen LogP contribution in [0.4, 0.5) is 5.82 Å². The predicted octanol–water partition coefficient (Wildman–Crippen LogP) is 4.38. The second kappa shape index (κ2) is 7.36. The smallest absolute Gasteiger partial charge is 0.172 e. The van der Waals surface area contributed by atoms with Crippen molar-refractivity contribution in [1.29, 1.82) is 0 Å². The van der Waals surface area contributed by atoms with Gasteiger partial charge in [-0.1, -0.05) is 44.2 Å². The van der Waals surface area contributed by atoms with Crippen molar-refractivity contribution >= 4 is 23.1 Å². The van der Waals surface area contributed by atoms with Crippen molar-refractivity contribution in [1.82, 2.24) is 10.3 Å². The van der Waals surface area contributed by atoms with Gasteiger partial charge in [-0.25, -0.2) is 4.98 Å². The Morgan fingerprint density at radius 3 is 2.41 bits per heavy atom. The first-order valence-electron chi connectivity index (χ1n) is 7.54. The third-order valence-electron chi connectivity index (χ3n) is 3.61. The molecule has 1 heterocycles. The maximum atomic E-state index is 5.46. The summed E-state index contributed by atoms with van der Waals surface area (Å²) >= 11 is 5.46. The fourth-order valence-electron chi connectivity index (χ4n) is 2.45. The zero-order valence-corrected chi connectivity index (χ0v) is 14.4. The fraction of sp³-hybridized carbons (Fsp3) is 0.333. The van der Waals surface area contributed by atoms with Gasteiger partial charge < -0.3 is 10.6 Å². The standard InChI is InChI=1S/C18H23N3S/c1-12(2)17(15-10-6-5-8-13(15)3)21-18(22)20-16-11-7-9-14(4)19-16/h5-12,17H,1-4H3,(H2,19,20,21,22). The Bertz CT molecular complexity index is 652. The molecule has 0 aliphatic rings. The van der Waals surface area contributed by atoms with E-state index in [9.17, 15) is 0 Å². The van der Waals surface area contributed by atoms with E-state index in [-0.39, 0.29) is 6.04 Å². The Labute approximate surface area is 138 Å². The number of aryl methyl sites for hydroxylation is 2. The summed E-state index contributed by atoms with van der Waals surface area (Å²) in [6.07, 6.45) is 0. The van der Waals surface area contributed by atoms with Crippen LogP contribution in [0.5, 0.6) is 0 Å². The van der Waals surface area contributed by atoms with Crippen LogP contribution in [0.3, 0.4) is 0 Å². The number of thiocarbonyl (C=S) groups is 1. The number of benzene rings is 1. The monoisotopic (exact) mass is 313 g/mol. The van der Waals surface area contributed by atoms with E-state index >= 15 is 0 Å². The number of hydrogen-bond acceptors (Lipinski definition) is 2. The van der Waals surface area contributed by atoms with Crippen molar-refractivity contribution in [2.75, 3.05) is 5.32 Å². The van der Waals surface area contributed by atoms with Gasteiger partial charge in [-0.2, -0.15) is 0 Å². The number of pyridine rings is 1. The summed E-state index contributed by atoms with van der Waals surface area (Å²) in [4.78, 5) is 4.42. The number of anilines is 1. The van der Waals surface area contributed by atoms with Crippen LogP contribution in [0, 0.1) is 19.8 Å². The Hall–Kier alpha value is -1.94. The Morgan fingerprint density at radius 1 is 1.05 bits per heavy atom. The summed E-state index contributed by atoms with van der Waals surface area (Å²) in [7, 11) is 0. The van der Waals surface area contributed by atoms with Gasteiger partial charge in [0.05, 0.1) is 6.04 Å². The van der Waals surface area contributed by atoms with E-state index in [2.05, 4.69) is 60.7 Å². The highest BCUT2D eigenvalue weighted by Gasteiger charge is 2.18. The molecular weight excluding hydrogens is 290 g/mol. The summed E-state index contributed by atoms with van der Waals surface area (Å²) < 4.78 is 0. The summed E-state index contributed by atoms with van der Waals surface area (Å²) in [6.45, 7) is 8.48. The molecule has 116 valence electrons. The summed E-state index contributed by atoms with van der Waals surface area (Å²) in [5.41, 5.74) is 3.51. The van der Waals surface area contributed by atoms with E-state index < -0.39 is 0 Å². The summed E-state index contributed by atoms with van der Waals surface area (Å²) in [6, 6.07) is 14.4. The second-order valence-electron chi connectivity index (χ2n) is 5.84. The molecule has 1 atom stereocenters. The lowest BCUT2D eigenvalue weighted by molar-refractivity contribution is 0.471. The number of aromatic nitrogens is 1. The SMILES string of the molecule is Cc1cccc(NC(=S)NC(c2ccccc2C)C(C)C)n1. The van der Waals surface area contributed by atoms with Crippen molar-refractivity contribution in [3.05, 3.63) is 59.3 Å². The zero-order chi connectivity index (χ0) is 16.1. The van der Waals surface area contributed by atoms with Crippen LogP contribution in [0.25, 0.3) is 0 Å². The van der Waals surface area contributed by atoms with E-state index in [4.69, 9.17) is 12.2 Å². The first-order chi connectivity index (χ1) is 10.5. The predicted molar refractivity (Wildman–Crippen MR) is 97.1 cm³/mol. The molecule has 0 saturated carbocycles. The van der Waals surface area contributed by atoms with Gasteiger partial charge in [0.1, 0.15) is 5.82 Å². The Morgan fingerprint density at radius 2 is 1.77 bits per heavy atom. The number of nitrogens with one attached hydrogen (secondary N) is 2. The topological polar surface area (TPSA) is 37.0 Å². The number of hydrogen-bond donors (Lipinski definition) is 2. The van der Waals surface area contributed by atoms with Gasteiger partial charge >= 0.3 is 0 Å². The van der Waals surface area contributed by atoms with Crippen LogP contribution in [0.1, 0.15) is 36.7 Å². The lowest BCUT2D eigenvalue weighted by atomic mass is 9.93. The van der Waals surface area contributed by atoms with Gasteiger partial charge in [-0.3, -0.25) is 0 Å². The van der Waals surface area contributed by atoms with Crippen LogP contribution in [-0.2, 0) is 0 Å². The van der Waals surface area contributed by atoms with Crippen LogP contribution < -0.4 is 10.6 Å². The molecule has 0 amide bonds. The third-order valence-corrected chi connectivity index (χ3v) is 3.83. The van der Waals surface area contributed by atoms with E-state index in [0.717, 1.165) is 11.5 Å². The van der Waals surface area contributed by atoms with Crippen LogP contribution >= 0.6 is 12.2 Å². The average Bonchev–Trinajstić information content (AvgIpc) is 2.45. The molecule has 1 aromatic carbocycles. The molecule has 0 aliphatic carbocycles. The molecule has 2 N–H and O–H groups in total. The van der Waals surface area contributed by atoms with Crippen LogP contribution in [-0.4, -0.2) is 10.1 Å². The van der Waals surface area contributed by atoms with E-state index in [1.807, 2.05) is 25.1 Å². The van der Waals surface area contributed by atoms with Gasteiger partial charge in [0.25, 0.3) is 0 Å². The highest BCUT2D eigenvalue weighted by molar-refractivity contribution is 7.80. The van der Waals surface area contributed by atoms with Crippen molar-refractivity contribution < 1.29 is 0 Å². The lowest BCUT2D eigenvalue weighted by Crippen LogP contribution is -2.35. The molecule has 2 aromatic rings. The molecule has 0 bridgehead atoms. The number of nitrogens with zero attached hydrogens (tertiary/aromatic N) is 1.